The highest BCUT2D eigenvalue weighted by Gasteiger charge is 2.41. The molecule has 0 bridgehead atoms. The van der Waals surface area contributed by atoms with E-state index in [1.165, 1.54) is 33.4 Å². The van der Waals surface area contributed by atoms with Gasteiger partial charge in [-0.2, -0.15) is 0 Å². The number of aryl methyl sites for hydroxylation is 1. The second kappa shape index (κ2) is 9.80. The minimum Gasteiger partial charge on any atom is -0.352 e. The number of thiocarbonyl (C=S) groups is 1. The van der Waals surface area contributed by atoms with Gasteiger partial charge in [-0.1, -0.05) is 42.5 Å². The SMILES string of the molecule is Cc1cc([C@@H]2[C@@H](c3ccccn3)NC(=S)N2CCCN(C)C)c(C)n1-c1cccc2ccccc12. The van der Waals surface area contributed by atoms with Crippen molar-refractivity contribution in [3.05, 3.63) is 95.6 Å². The van der Waals surface area contributed by atoms with Gasteiger partial charge in [-0.05, 0) is 88.3 Å². The number of pyridine rings is 1. The Morgan fingerprint density at radius 2 is 1.77 bits per heavy atom. The lowest BCUT2D eigenvalue weighted by atomic mass is 9.96. The van der Waals surface area contributed by atoms with Gasteiger partial charge in [0.25, 0.3) is 0 Å². The van der Waals surface area contributed by atoms with E-state index in [2.05, 4.69) is 108 Å². The molecule has 1 aliphatic heterocycles. The maximum absolute atomic E-state index is 5.88. The summed E-state index contributed by atoms with van der Waals surface area (Å²) in [6.07, 6.45) is 2.91. The third-order valence-corrected chi connectivity index (χ3v) is 7.35. The van der Waals surface area contributed by atoms with Crippen LogP contribution in [0.4, 0.5) is 0 Å². The van der Waals surface area contributed by atoms with Gasteiger partial charge in [0.05, 0.1) is 23.5 Å². The number of fused-ring (bicyclic) bond motifs is 1. The molecule has 0 radical (unpaired) electrons. The molecule has 1 aliphatic rings. The van der Waals surface area contributed by atoms with Crippen molar-refractivity contribution in [2.45, 2.75) is 32.4 Å². The highest BCUT2D eigenvalue weighted by molar-refractivity contribution is 7.80. The second-order valence-corrected chi connectivity index (χ2v) is 10.0. The van der Waals surface area contributed by atoms with E-state index in [0.29, 0.717) is 0 Å². The van der Waals surface area contributed by atoms with Crippen molar-refractivity contribution in [3.63, 3.8) is 0 Å². The normalized spacial score (nSPS) is 18.0. The van der Waals surface area contributed by atoms with Crippen LogP contribution in [0.25, 0.3) is 16.5 Å². The van der Waals surface area contributed by atoms with Crippen LogP contribution in [0.5, 0.6) is 0 Å². The molecule has 6 heteroatoms. The summed E-state index contributed by atoms with van der Waals surface area (Å²) in [7, 11) is 4.24. The number of hydrogen-bond acceptors (Lipinski definition) is 3. The second-order valence-electron chi connectivity index (χ2n) is 9.64. The molecular weight excluding hydrogens is 450 g/mol. The minimum absolute atomic E-state index is 0.00419. The van der Waals surface area contributed by atoms with Crippen molar-refractivity contribution in [3.8, 4) is 5.69 Å². The van der Waals surface area contributed by atoms with Crippen molar-refractivity contribution in [1.29, 1.82) is 0 Å². The summed E-state index contributed by atoms with van der Waals surface area (Å²) in [6, 6.07) is 23.7. The van der Waals surface area contributed by atoms with E-state index < -0.39 is 0 Å². The fraction of sp³-hybridized carbons (Fsp3) is 0.310. The number of benzene rings is 2. The predicted octanol–water partition coefficient (Wildman–Crippen LogP) is 5.57. The molecule has 1 fully saturated rings. The zero-order chi connectivity index (χ0) is 24.5. The first-order valence-electron chi connectivity index (χ1n) is 12.3. The van der Waals surface area contributed by atoms with E-state index in [1.807, 2.05) is 12.3 Å². The van der Waals surface area contributed by atoms with E-state index in [1.54, 1.807) is 0 Å². The molecule has 0 amide bonds. The molecule has 2 atom stereocenters. The quantitative estimate of drug-likeness (QED) is 0.348. The Hall–Kier alpha value is -3.22. The first kappa shape index (κ1) is 23.5. The molecule has 180 valence electrons. The maximum Gasteiger partial charge on any atom is 0.170 e. The van der Waals surface area contributed by atoms with Crippen molar-refractivity contribution in [1.82, 2.24) is 24.7 Å². The van der Waals surface area contributed by atoms with Crippen molar-refractivity contribution in [2.75, 3.05) is 27.2 Å². The molecule has 1 N–H and O–H groups in total. The van der Waals surface area contributed by atoms with Gasteiger partial charge >= 0.3 is 0 Å². The van der Waals surface area contributed by atoms with Crippen LogP contribution >= 0.6 is 12.2 Å². The Labute approximate surface area is 213 Å². The lowest BCUT2D eigenvalue weighted by Gasteiger charge is -2.28. The Morgan fingerprint density at radius 1 is 1.00 bits per heavy atom. The number of aromatic nitrogens is 2. The van der Waals surface area contributed by atoms with Gasteiger partial charge < -0.3 is 19.7 Å². The third-order valence-electron chi connectivity index (χ3n) is 7.00. The average Bonchev–Trinajstić information content (AvgIpc) is 3.34. The third kappa shape index (κ3) is 4.44. The van der Waals surface area contributed by atoms with Gasteiger partial charge in [0.2, 0.25) is 0 Å². The minimum atomic E-state index is 0.00419. The van der Waals surface area contributed by atoms with Gasteiger partial charge in [0.15, 0.2) is 5.11 Å². The molecule has 35 heavy (non-hydrogen) atoms. The monoisotopic (exact) mass is 483 g/mol. The lowest BCUT2D eigenvalue weighted by molar-refractivity contribution is 0.292. The number of rotatable bonds is 7. The van der Waals surface area contributed by atoms with E-state index in [9.17, 15) is 0 Å². The molecule has 0 unspecified atom stereocenters. The highest BCUT2D eigenvalue weighted by atomic mass is 32.1. The van der Waals surface area contributed by atoms with E-state index >= 15 is 0 Å². The molecule has 0 spiro atoms. The lowest BCUT2D eigenvalue weighted by Crippen LogP contribution is -2.32. The van der Waals surface area contributed by atoms with Crippen LogP contribution in [0.3, 0.4) is 0 Å². The molecule has 0 aliphatic carbocycles. The van der Waals surface area contributed by atoms with Gasteiger partial charge in [0.1, 0.15) is 0 Å². The fourth-order valence-corrected chi connectivity index (χ4v) is 5.73. The molecule has 2 aromatic carbocycles. The van der Waals surface area contributed by atoms with Crippen molar-refractivity contribution >= 4 is 28.1 Å². The maximum atomic E-state index is 5.88. The predicted molar refractivity (Wildman–Crippen MR) is 148 cm³/mol. The smallest absolute Gasteiger partial charge is 0.170 e. The first-order valence-corrected chi connectivity index (χ1v) is 12.7. The van der Waals surface area contributed by atoms with Crippen LogP contribution in [0.15, 0.2) is 72.9 Å². The summed E-state index contributed by atoms with van der Waals surface area (Å²) in [5.41, 5.74) is 5.99. The van der Waals surface area contributed by atoms with Crippen molar-refractivity contribution in [2.24, 2.45) is 0 Å². The molecule has 5 rings (SSSR count). The summed E-state index contributed by atoms with van der Waals surface area (Å²) in [4.78, 5) is 9.30. The molecule has 1 saturated heterocycles. The Morgan fingerprint density at radius 3 is 2.54 bits per heavy atom. The zero-order valence-corrected chi connectivity index (χ0v) is 21.7. The molecule has 5 nitrogen and oxygen atoms in total. The van der Waals surface area contributed by atoms with Crippen LogP contribution in [-0.4, -0.2) is 51.6 Å². The summed E-state index contributed by atoms with van der Waals surface area (Å²) in [5.74, 6) is 0. The summed E-state index contributed by atoms with van der Waals surface area (Å²) in [5, 5.41) is 6.92. The van der Waals surface area contributed by atoms with E-state index in [0.717, 1.165) is 30.3 Å². The largest absolute Gasteiger partial charge is 0.352 e. The Balaban J connectivity index is 1.61. The molecule has 2 aromatic heterocycles. The van der Waals surface area contributed by atoms with Crippen LogP contribution < -0.4 is 5.32 Å². The molecule has 0 saturated carbocycles. The van der Waals surface area contributed by atoms with Gasteiger partial charge in [-0.3, -0.25) is 4.98 Å². The van der Waals surface area contributed by atoms with Crippen LogP contribution in [0.1, 0.15) is 41.1 Å². The van der Waals surface area contributed by atoms with Gasteiger partial charge in [-0.25, -0.2) is 0 Å². The number of nitrogens with zero attached hydrogens (tertiary/aromatic N) is 4. The van der Waals surface area contributed by atoms with Crippen LogP contribution in [0.2, 0.25) is 0 Å². The van der Waals surface area contributed by atoms with Gasteiger partial charge in [-0.15, -0.1) is 0 Å². The van der Waals surface area contributed by atoms with Gasteiger partial charge in [0, 0.05) is 29.5 Å². The van der Waals surface area contributed by atoms with Crippen LogP contribution in [0, 0.1) is 13.8 Å². The van der Waals surface area contributed by atoms with E-state index in [4.69, 9.17) is 17.2 Å². The summed E-state index contributed by atoms with van der Waals surface area (Å²) < 4.78 is 2.40. The summed E-state index contributed by atoms with van der Waals surface area (Å²) in [6.45, 7) is 6.36. The summed E-state index contributed by atoms with van der Waals surface area (Å²) >= 11 is 5.88. The first-order chi connectivity index (χ1) is 17.0. The Kier molecular flexibility index (Phi) is 6.58. The molecule has 3 heterocycles. The number of hydrogen-bond donors (Lipinski definition) is 1. The van der Waals surface area contributed by atoms with E-state index in [-0.39, 0.29) is 12.1 Å². The fourth-order valence-electron chi connectivity index (χ4n) is 5.40. The standard InChI is InChI=1S/C29H33N5S/c1-20-19-24(21(2)34(20)26-15-9-12-22-11-5-6-13-23(22)26)28-27(25-14-7-8-16-30-25)31-29(35)33(28)18-10-17-32(3)4/h5-9,11-16,19,27-28H,10,17-18H2,1-4H3,(H,31,35)/t27-,28-/m1/s1. The zero-order valence-electron chi connectivity index (χ0n) is 20.9. The topological polar surface area (TPSA) is 36.3 Å². The van der Waals surface area contributed by atoms with Crippen molar-refractivity contribution < 1.29 is 0 Å². The average molecular weight is 484 g/mol. The molecular formula is C29H33N5S. The molecule has 4 aromatic rings. The van der Waals surface area contributed by atoms with Crippen LogP contribution in [-0.2, 0) is 0 Å². The number of nitrogens with one attached hydrogen (secondary N) is 1. The highest BCUT2D eigenvalue weighted by Crippen LogP contribution is 2.41. The Bertz CT molecular complexity index is 1340.